The monoisotopic (exact) mass is 248 g/mol. The first-order chi connectivity index (χ1) is 8.66. The molecule has 1 aliphatic rings. The maximum absolute atomic E-state index is 11.1. The van der Waals surface area contributed by atoms with Gasteiger partial charge in [-0.15, -0.1) is 0 Å². The normalized spacial score (nSPS) is 17.6. The minimum atomic E-state index is -0.390. The Morgan fingerprint density at radius 2 is 1.94 bits per heavy atom. The Kier molecular flexibility index (Phi) is 4.33. The fourth-order valence-electron chi connectivity index (χ4n) is 2.06. The standard InChI is InChI=1S/C14H20N2O2/c1-11(17)14(15)10-12-2-4-13(5-3-12)16-6-8-18-9-7-16/h2-5,14H,6-10,15H2,1H3/t14-/m0/s1. The minimum Gasteiger partial charge on any atom is -0.378 e. The van der Waals surface area contributed by atoms with Gasteiger partial charge in [0.1, 0.15) is 5.78 Å². The van der Waals surface area contributed by atoms with Gasteiger partial charge in [0.15, 0.2) is 0 Å². The van der Waals surface area contributed by atoms with Crippen LogP contribution in [-0.2, 0) is 16.0 Å². The Hall–Kier alpha value is -1.39. The fraction of sp³-hybridized carbons (Fsp3) is 0.500. The highest BCUT2D eigenvalue weighted by Gasteiger charge is 2.12. The molecule has 4 nitrogen and oxygen atoms in total. The lowest BCUT2D eigenvalue weighted by atomic mass is 10.0. The predicted octanol–water partition coefficient (Wildman–Crippen LogP) is 0.982. The van der Waals surface area contributed by atoms with Crippen LogP contribution in [0.25, 0.3) is 0 Å². The summed E-state index contributed by atoms with van der Waals surface area (Å²) in [5.41, 5.74) is 8.07. The molecule has 2 N–H and O–H groups in total. The highest BCUT2D eigenvalue weighted by Crippen LogP contribution is 2.17. The van der Waals surface area contributed by atoms with Crippen molar-refractivity contribution in [3.8, 4) is 0 Å². The first-order valence-electron chi connectivity index (χ1n) is 6.34. The third kappa shape index (κ3) is 3.31. The zero-order valence-electron chi connectivity index (χ0n) is 10.8. The molecule has 1 aromatic carbocycles. The van der Waals surface area contributed by atoms with E-state index in [4.69, 9.17) is 10.5 Å². The predicted molar refractivity (Wildman–Crippen MR) is 71.8 cm³/mol. The summed E-state index contributed by atoms with van der Waals surface area (Å²) >= 11 is 0. The van der Waals surface area contributed by atoms with E-state index in [0.717, 1.165) is 31.9 Å². The number of nitrogens with zero attached hydrogens (tertiary/aromatic N) is 1. The summed E-state index contributed by atoms with van der Waals surface area (Å²) < 4.78 is 5.33. The molecule has 1 aromatic rings. The number of benzene rings is 1. The van der Waals surface area contributed by atoms with Gasteiger partial charge < -0.3 is 15.4 Å². The van der Waals surface area contributed by atoms with E-state index >= 15 is 0 Å². The molecule has 0 saturated carbocycles. The van der Waals surface area contributed by atoms with Crippen LogP contribution < -0.4 is 10.6 Å². The van der Waals surface area contributed by atoms with Crippen molar-refractivity contribution in [3.63, 3.8) is 0 Å². The summed E-state index contributed by atoms with van der Waals surface area (Å²) in [6, 6.07) is 7.89. The highest BCUT2D eigenvalue weighted by atomic mass is 16.5. The van der Waals surface area contributed by atoms with Gasteiger partial charge in [0.2, 0.25) is 0 Å². The number of hydrogen-bond donors (Lipinski definition) is 1. The van der Waals surface area contributed by atoms with Crippen molar-refractivity contribution in [2.45, 2.75) is 19.4 Å². The zero-order valence-corrected chi connectivity index (χ0v) is 10.8. The van der Waals surface area contributed by atoms with Gasteiger partial charge in [-0.2, -0.15) is 0 Å². The molecule has 2 rings (SSSR count). The molecular formula is C14H20N2O2. The van der Waals surface area contributed by atoms with Crippen LogP contribution in [0.3, 0.4) is 0 Å². The Labute approximate surface area is 108 Å². The molecule has 1 aliphatic heterocycles. The van der Waals surface area contributed by atoms with Crippen LogP contribution in [-0.4, -0.2) is 38.1 Å². The molecule has 98 valence electrons. The molecular weight excluding hydrogens is 228 g/mol. The number of rotatable bonds is 4. The van der Waals surface area contributed by atoms with Gasteiger partial charge in [-0.1, -0.05) is 12.1 Å². The zero-order chi connectivity index (χ0) is 13.0. The summed E-state index contributed by atoms with van der Waals surface area (Å²) in [6.07, 6.45) is 0.610. The largest absolute Gasteiger partial charge is 0.378 e. The Bertz CT molecular complexity index is 397. The number of morpholine rings is 1. The van der Waals surface area contributed by atoms with Crippen molar-refractivity contribution in [2.24, 2.45) is 5.73 Å². The van der Waals surface area contributed by atoms with Gasteiger partial charge in [0, 0.05) is 18.8 Å². The van der Waals surface area contributed by atoms with Gasteiger partial charge in [0.05, 0.1) is 19.3 Å². The molecule has 0 radical (unpaired) electrons. The van der Waals surface area contributed by atoms with Crippen LogP contribution in [0.4, 0.5) is 5.69 Å². The van der Waals surface area contributed by atoms with Crippen LogP contribution in [0.5, 0.6) is 0 Å². The first kappa shape index (κ1) is 13.1. The topological polar surface area (TPSA) is 55.6 Å². The molecule has 1 atom stereocenters. The van der Waals surface area contributed by atoms with Gasteiger partial charge in [0.25, 0.3) is 0 Å². The Morgan fingerprint density at radius 3 is 2.50 bits per heavy atom. The number of ether oxygens (including phenoxy) is 1. The van der Waals surface area contributed by atoms with E-state index in [-0.39, 0.29) is 11.8 Å². The Morgan fingerprint density at radius 1 is 1.33 bits per heavy atom. The second-order valence-electron chi connectivity index (χ2n) is 4.69. The van der Waals surface area contributed by atoms with Crippen molar-refractivity contribution in [1.82, 2.24) is 0 Å². The van der Waals surface area contributed by atoms with Crippen molar-refractivity contribution in [2.75, 3.05) is 31.2 Å². The number of hydrogen-bond acceptors (Lipinski definition) is 4. The fourth-order valence-corrected chi connectivity index (χ4v) is 2.06. The second-order valence-corrected chi connectivity index (χ2v) is 4.69. The molecule has 0 aliphatic carbocycles. The van der Waals surface area contributed by atoms with Crippen LogP contribution in [0.1, 0.15) is 12.5 Å². The smallest absolute Gasteiger partial charge is 0.146 e. The lowest BCUT2D eigenvalue weighted by molar-refractivity contribution is -0.118. The van der Waals surface area contributed by atoms with Crippen LogP contribution in [0.2, 0.25) is 0 Å². The van der Waals surface area contributed by atoms with Gasteiger partial charge in [-0.05, 0) is 31.0 Å². The summed E-state index contributed by atoms with van der Waals surface area (Å²) in [5, 5.41) is 0. The van der Waals surface area contributed by atoms with E-state index in [1.165, 1.54) is 12.6 Å². The number of ketones is 1. The molecule has 1 fully saturated rings. The summed E-state index contributed by atoms with van der Waals surface area (Å²) in [6.45, 7) is 4.99. The summed E-state index contributed by atoms with van der Waals surface area (Å²) in [4.78, 5) is 13.4. The molecule has 18 heavy (non-hydrogen) atoms. The van der Waals surface area contributed by atoms with Crippen molar-refractivity contribution in [1.29, 1.82) is 0 Å². The SMILES string of the molecule is CC(=O)[C@@H](N)Cc1ccc(N2CCOCC2)cc1. The molecule has 0 aromatic heterocycles. The number of anilines is 1. The van der Waals surface area contributed by atoms with Crippen LogP contribution >= 0.6 is 0 Å². The van der Waals surface area contributed by atoms with E-state index in [9.17, 15) is 4.79 Å². The summed E-state index contributed by atoms with van der Waals surface area (Å²) in [5.74, 6) is 0.0345. The van der Waals surface area contributed by atoms with E-state index < -0.39 is 0 Å². The number of Topliss-reactive ketones (excluding diaryl/α,β-unsaturated/α-hetero) is 1. The molecule has 0 bridgehead atoms. The molecule has 1 saturated heterocycles. The van der Waals surface area contributed by atoms with Gasteiger partial charge in [-0.3, -0.25) is 4.79 Å². The van der Waals surface area contributed by atoms with Gasteiger partial charge in [-0.25, -0.2) is 0 Å². The molecule has 0 spiro atoms. The van der Waals surface area contributed by atoms with Crippen molar-refractivity contribution in [3.05, 3.63) is 29.8 Å². The number of nitrogens with two attached hydrogens (primary N) is 1. The van der Waals surface area contributed by atoms with Crippen LogP contribution in [0.15, 0.2) is 24.3 Å². The second kappa shape index (κ2) is 5.98. The van der Waals surface area contributed by atoms with E-state index in [2.05, 4.69) is 17.0 Å². The highest BCUT2D eigenvalue weighted by molar-refractivity contribution is 5.81. The maximum atomic E-state index is 11.1. The number of carbonyl (C=O) groups excluding carboxylic acids is 1. The minimum absolute atomic E-state index is 0.0345. The number of carbonyl (C=O) groups is 1. The van der Waals surface area contributed by atoms with Crippen LogP contribution in [0, 0.1) is 0 Å². The van der Waals surface area contributed by atoms with Crippen molar-refractivity contribution < 1.29 is 9.53 Å². The average molecular weight is 248 g/mol. The third-order valence-electron chi connectivity index (χ3n) is 3.29. The van der Waals surface area contributed by atoms with Crippen molar-refractivity contribution >= 4 is 11.5 Å². The average Bonchev–Trinajstić information content (AvgIpc) is 2.40. The first-order valence-corrected chi connectivity index (χ1v) is 6.34. The van der Waals surface area contributed by atoms with Gasteiger partial charge >= 0.3 is 0 Å². The lowest BCUT2D eigenvalue weighted by Crippen LogP contribution is -2.36. The lowest BCUT2D eigenvalue weighted by Gasteiger charge is -2.29. The maximum Gasteiger partial charge on any atom is 0.146 e. The quantitative estimate of drug-likeness (QED) is 0.863. The molecule has 4 heteroatoms. The third-order valence-corrected chi connectivity index (χ3v) is 3.29. The summed E-state index contributed by atoms with van der Waals surface area (Å²) in [7, 11) is 0. The van der Waals surface area contributed by atoms with E-state index in [1.807, 2.05) is 12.1 Å². The molecule has 1 heterocycles. The van der Waals surface area contributed by atoms with E-state index in [0.29, 0.717) is 6.42 Å². The molecule has 0 unspecified atom stereocenters. The van der Waals surface area contributed by atoms with E-state index in [1.54, 1.807) is 0 Å². The molecule has 0 amide bonds. The Balaban J connectivity index is 1.98.